The molecule has 2 rings (SSSR count). The molecule has 0 saturated heterocycles. The van der Waals surface area contributed by atoms with Crippen molar-refractivity contribution >= 4 is 5.91 Å². The van der Waals surface area contributed by atoms with Crippen molar-refractivity contribution in [2.24, 2.45) is 0 Å². The summed E-state index contributed by atoms with van der Waals surface area (Å²) in [6, 6.07) is 5.95. The van der Waals surface area contributed by atoms with Gasteiger partial charge in [0.25, 0.3) is 0 Å². The number of carbonyl (C=O) groups excluding carboxylic acids is 1. The maximum Gasteiger partial charge on any atom is 0.226 e. The monoisotopic (exact) mass is 362 g/mol. The summed E-state index contributed by atoms with van der Waals surface area (Å²) in [7, 11) is 4.01. The van der Waals surface area contributed by atoms with Gasteiger partial charge in [-0.3, -0.25) is 4.79 Å². The van der Waals surface area contributed by atoms with E-state index in [2.05, 4.69) is 22.0 Å². The van der Waals surface area contributed by atoms with Gasteiger partial charge in [0, 0.05) is 38.0 Å². The number of nitrogens with zero attached hydrogens (tertiary/aromatic N) is 4. The fraction of sp³-hybridized carbons (Fsp3) is 0.526. The van der Waals surface area contributed by atoms with Crippen molar-refractivity contribution in [3.63, 3.8) is 0 Å². The molecule has 0 aliphatic rings. The third kappa shape index (κ3) is 6.22. The molecule has 1 heterocycles. The summed E-state index contributed by atoms with van der Waals surface area (Å²) >= 11 is 0. The van der Waals surface area contributed by atoms with Crippen molar-refractivity contribution in [2.45, 2.75) is 32.6 Å². The normalized spacial score (nSPS) is 11.1. The zero-order valence-electron chi connectivity index (χ0n) is 15.7. The van der Waals surface area contributed by atoms with E-state index in [4.69, 9.17) is 4.52 Å². The lowest BCUT2D eigenvalue weighted by Gasteiger charge is -2.23. The van der Waals surface area contributed by atoms with Gasteiger partial charge in [0.05, 0.1) is 0 Å². The maximum absolute atomic E-state index is 13.0. The van der Waals surface area contributed by atoms with E-state index in [1.54, 1.807) is 12.1 Å². The molecule has 7 heteroatoms. The Balaban J connectivity index is 1.83. The first kappa shape index (κ1) is 20.0. The second-order valence-corrected chi connectivity index (χ2v) is 6.56. The number of aromatic nitrogens is 2. The number of amides is 1. The second kappa shape index (κ2) is 10.0. The molecule has 2 aromatic rings. The fourth-order valence-electron chi connectivity index (χ4n) is 2.57. The predicted molar refractivity (Wildman–Crippen MR) is 98.1 cm³/mol. The number of hydrogen-bond acceptors (Lipinski definition) is 5. The van der Waals surface area contributed by atoms with Gasteiger partial charge in [0.2, 0.25) is 17.6 Å². The summed E-state index contributed by atoms with van der Waals surface area (Å²) in [5, 5.41) is 3.92. The van der Waals surface area contributed by atoms with Crippen molar-refractivity contribution in [3.8, 4) is 11.4 Å². The third-order valence-corrected chi connectivity index (χ3v) is 4.02. The van der Waals surface area contributed by atoms with Crippen LogP contribution in [0.15, 0.2) is 28.8 Å². The second-order valence-electron chi connectivity index (χ2n) is 6.56. The minimum Gasteiger partial charge on any atom is -0.341 e. The number of benzene rings is 1. The first-order chi connectivity index (χ1) is 12.5. The molecule has 0 atom stereocenters. The largest absolute Gasteiger partial charge is 0.341 e. The molecule has 0 unspecified atom stereocenters. The van der Waals surface area contributed by atoms with Crippen molar-refractivity contribution in [1.29, 1.82) is 0 Å². The average Bonchev–Trinajstić information content (AvgIpc) is 3.07. The van der Waals surface area contributed by atoms with Crippen LogP contribution in [-0.4, -0.2) is 59.6 Å². The summed E-state index contributed by atoms with van der Waals surface area (Å²) in [6.45, 7) is 4.46. The molecule has 0 radical (unpaired) electrons. The molecule has 0 aliphatic carbocycles. The van der Waals surface area contributed by atoms with Crippen molar-refractivity contribution in [2.75, 3.05) is 33.7 Å². The molecule has 26 heavy (non-hydrogen) atoms. The number of aryl methyl sites for hydroxylation is 1. The molecule has 0 fully saturated rings. The number of rotatable bonds is 10. The highest BCUT2D eigenvalue weighted by Gasteiger charge is 2.14. The summed E-state index contributed by atoms with van der Waals surface area (Å²) in [5.41, 5.74) is 0.704. The molecule has 0 aliphatic heterocycles. The number of likely N-dealkylation sites (N-methyl/N-ethyl adjacent to an activating group) is 1. The average molecular weight is 362 g/mol. The van der Waals surface area contributed by atoms with Gasteiger partial charge in [-0.2, -0.15) is 4.98 Å². The zero-order valence-corrected chi connectivity index (χ0v) is 15.7. The van der Waals surface area contributed by atoms with Gasteiger partial charge < -0.3 is 14.3 Å². The lowest BCUT2D eigenvalue weighted by molar-refractivity contribution is -0.131. The lowest BCUT2D eigenvalue weighted by atomic mass is 10.2. The molecule has 0 bridgehead atoms. The van der Waals surface area contributed by atoms with Crippen LogP contribution in [0.25, 0.3) is 11.4 Å². The van der Waals surface area contributed by atoms with Gasteiger partial charge in [-0.15, -0.1) is 0 Å². The highest BCUT2D eigenvalue weighted by atomic mass is 19.1. The van der Waals surface area contributed by atoms with Gasteiger partial charge >= 0.3 is 0 Å². The van der Waals surface area contributed by atoms with Crippen LogP contribution in [0, 0.1) is 5.82 Å². The summed E-state index contributed by atoms with van der Waals surface area (Å²) in [4.78, 5) is 20.7. The fourth-order valence-corrected chi connectivity index (χ4v) is 2.57. The quantitative estimate of drug-likeness (QED) is 0.650. The zero-order chi connectivity index (χ0) is 18.9. The Bertz CT molecular complexity index is 685. The first-order valence-electron chi connectivity index (χ1n) is 9.00. The molecule has 0 N–H and O–H groups in total. The van der Waals surface area contributed by atoms with Crippen LogP contribution in [0.4, 0.5) is 4.39 Å². The Hall–Kier alpha value is -2.28. The Morgan fingerprint density at radius 3 is 2.54 bits per heavy atom. The van der Waals surface area contributed by atoms with Crippen LogP contribution in [0.2, 0.25) is 0 Å². The molecule has 1 aromatic carbocycles. The number of carbonyl (C=O) groups is 1. The van der Waals surface area contributed by atoms with Crippen molar-refractivity contribution in [1.82, 2.24) is 19.9 Å². The Kier molecular flexibility index (Phi) is 7.72. The van der Waals surface area contributed by atoms with Crippen LogP contribution in [0.1, 0.15) is 32.1 Å². The van der Waals surface area contributed by atoms with E-state index in [0.29, 0.717) is 36.5 Å². The van der Waals surface area contributed by atoms with E-state index >= 15 is 0 Å². The van der Waals surface area contributed by atoms with E-state index in [0.717, 1.165) is 26.1 Å². The van der Waals surface area contributed by atoms with E-state index in [9.17, 15) is 9.18 Å². The van der Waals surface area contributed by atoms with Crippen LogP contribution < -0.4 is 0 Å². The molecular formula is C19H27FN4O2. The van der Waals surface area contributed by atoms with Gasteiger partial charge in [-0.25, -0.2) is 4.39 Å². The van der Waals surface area contributed by atoms with E-state index < -0.39 is 0 Å². The molecule has 0 saturated carbocycles. The standard InChI is InChI=1S/C19H27FN4O2/c1-4-12-24(14-13-23(2)3)18(25)7-5-6-17-21-19(22-26-17)15-8-10-16(20)11-9-15/h8-11H,4-7,12-14H2,1-3H3. The first-order valence-corrected chi connectivity index (χ1v) is 9.00. The van der Waals surface area contributed by atoms with Crippen molar-refractivity contribution in [3.05, 3.63) is 36.0 Å². The molecule has 142 valence electrons. The maximum atomic E-state index is 13.0. The Morgan fingerprint density at radius 2 is 1.88 bits per heavy atom. The Labute approximate surface area is 154 Å². The third-order valence-electron chi connectivity index (χ3n) is 4.02. The molecule has 0 spiro atoms. The minimum atomic E-state index is -0.304. The van der Waals surface area contributed by atoms with Gasteiger partial charge in [-0.1, -0.05) is 12.1 Å². The van der Waals surface area contributed by atoms with E-state index in [1.807, 2.05) is 19.0 Å². The van der Waals surface area contributed by atoms with E-state index in [1.165, 1.54) is 12.1 Å². The topological polar surface area (TPSA) is 62.5 Å². The highest BCUT2D eigenvalue weighted by Crippen LogP contribution is 2.17. The summed E-state index contributed by atoms with van der Waals surface area (Å²) in [6.07, 6.45) is 2.62. The molecule has 1 aromatic heterocycles. The smallest absolute Gasteiger partial charge is 0.226 e. The molecular weight excluding hydrogens is 335 g/mol. The van der Waals surface area contributed by atoms with Gasteiger partial charge in [0.1, 0.15) is 5.82 Å². The highest BCUT2D eigenvalue weighted by molar-refractivity contribution is 5.76. The van der Waals surface area contributed by atoms with Crippen molar-refractivity contribution < 1.29 is 13.7 Å². The van der Waals surface area contributed by atoms with Crippen LogP contribution >= 0.6 is 0 Å². The lowest BCUT2D eigenvalue weighted by Crippen LogP contribution is -2.37. The molecule has 1 amide bonds. The predicted octanol–water partition coefficient (Wildman–Crippen LogP) is 3.00. The minimum absolute atomic E-state index is 0.159. The van der Waals surface area contributed by atoms with Gasteiger partial charge in [-0.05, 0) is 51.2 Å². The Morgan fingerprint density at radius 1 is 1.15 bits per heavy atom. The van der Waals surface area contributed by atoms with Crippen LogP contribution in [0.5, 0.6) is 0 Å². The number of halogens is 1. The number of hydrogen-bond donors (Lipinski definition) is 0. The van der Waals surface area contributed by atoms with Gasteiger partial charge in [0.15, 0.2) is 0 Å². The van der Waals surface area contributed by atoms with Crippen LogP contribution in [0.3, 0.4) is 0 Å². The van der Waals surface area contributed by atoms with E-state index in [-0.39, 0.29) is 11.7 Å². The SMILES string of the molecule is CCCN(CCN(C)C)C(=O)CCCc1nc(-c2ccc(F)cc2)no1. The van der Waals surface area contributed by atoms with Crippen LogP contribution in [-0.2, 0) is 11.2 Å². The summed E-state index contributed by atoms with van der Waals surface area (Å²) < 4.78 is 18.2. The summed E-state index contributed by atoms with van der Waals surface area (Å²) in [5.74, 6) is 0.784. The molecule has 6 nitrogen and oxygen atoms in total.